The number of aryl methyl sites for hydroxylation is 1. The van der Waals surface area contributed by atoms with Gasteiger partial charge in [-0.2, -0.15) is 0 Å². The fraction of sp³-hybridized carbons (Fsp3) is 0.619. The van der Waals surface area contributed by atoms with Crippen molar-refractivity contribution in [3.05, 3.63) is 34.5 Å². The average molecular weight is 392 g/mol. The van der Waals surface area contributed by atoms with Gasteiger partial charge in [-0.15, -0.1) is 0 Å². The molecule has 148 valence electrons. The number of piperazine rings is 1. The van der Waals surface area contributed by atoms with E-state index in [1.165, 1.54) is 29.5 Å². The second-order valence-corrected chi connectivity index (χ2v) is 8.31. The summed E-state index contributed by atoms with van der Waals surface area (Å²) in [5.41, 5.74) is 3.90. The van der Waals surface area contributed by atoms with Crippen molar-refractivity contribution in [1.82, 2.24) is 14.4 Å². The highest BCUT2D eigenvalue weighted by molar-refractivity contribution is 6.35. The number of rotatable bonds is 6. The molecular weight excluding hydrogens is 362 g/mol. The predicted octanol–water partition coefficient (Wildman–Crippen LogP) is 2.14. The Bertz CT molecular complexity index is 783. The zero-order valence-corrected chi connectivity index (χ0v) is 16.7. The minimum Gasteiger partial charge on any atom is -0.395 e. The maximum absolute atomic E-state index is 10.8. The van der Waals surface area contributed by atoms with Gasteiger partial charge in [0.05, 0.1) is 29.8 Å². The third-order valence-electron chi connectivity index (χ3n) is 6.09. The Hall–Kier alpha value is -1.11. The minimum absolute atomic E-state index is 0.217. The third kappa shape index (κ3) is 4.03. The van der Waals surface area contributed by atoms with Crippen LogP contribution in [0.2, 0.25) is 5.02 Å². The summed E-state index contributed by atoms with van der Waals surface area (Å²) in [5, 5.41) is 22.0. The molecule has 1 aromatic carbocycles. The van der Waals surface area contributed by atoms with Gasteiger partial charge < -0.3 is 14.8 Å². The van der Waals surface area contributed by atoms with Gasteiger partial charge >= 0.3 is 0 Å². The first kappa shape index (κ1) is 19.2. The Morgan fingerprint density at radius 3 is 2.52 bits per heavy atom. The van der Waals surface area contributed by atoms with Crippen molar-refractivity contribution in [3.63, 3.8) is 0 Å². The monoisotopic (exact) mass is 391 g/mol. The van der Waals surface area contributed by atoms with Crippen LogP contribution < -0.4 is 0 Å². The standard InChI is InChI=1S/C21H30ClN3O2/c22-19-6-3-5-18-17-4-1-2-7-20(17)25(21(18)19)15-16(27)14-24-10-8-23(9-11-24)12-13-26/h3,5-6,16,26-27H,1-2,4,7-15H2/t16-/m0/s1. The zero-order chi connectivity index (χ0) is 18.8. The molecule has 0 amide bonds. The number of nitrogens with zero attached hydrogens (tertiary/aromatic N) is 3. The number of hydrogen-bond acceptors (Lipinski definition) is 4. The normalized spacial score (nSPS) is 20.1. The molecule has 1 aliphatic heterocycles. The van der Waals surface area contributed by atoms with E-state index in [2.05, 4.69) is 20.4 Å². The van der Waals surface area contributed by atoms with Gasteiger partial charge in [0, 0.05) is 50.3 Å². The van der Waals surface area contributed by atoms with Crippen LogP contribution in [0.1, 0.15) is 24.1 Å². The van der Waals surface area contributed by atoms with Crippen LogP contribution in [0.3, 0.4) is 0 Å². The van der Waals surface area contributed by atoms with Crippen molar-refractivity contribution < 1.29 is 10.2 Å². The van der Waals surface area contributed by atoms with E-state index in [4.69, 9.17) is 16.7 Å². The summed E-state index contributed by atoms with van der Waals surface area (Å²) in [6, 6.07) is 6.17. The summed E-state index contributed by atoms with van der Waals surface area (Å²) >= 11 is 6.56. The molecule has 1 saturated heterocycles. The van der Waals surface area contributed by atoms with Crippen molar-refractivity contribution in [2.24, 2.45) is 0 Å². The molecule has 4 rings (SSSR count). The van der Waals surface area contributed by atoms with Crippen molar-refractivity contribution in [3.8, 4) is 0 Å². The fourth-order valence-corrected chi connectivity index (χ4v) is 5.03. The van der Waals surface area contributed by atoms with Crippen LogP contribution >= 0.6 is 11.6 Å². The van der Waals surface area contributed by atoms with Crippen molar-refractivity contribution in [2.45, 2.75) is 38.3 Å². The number of β-amino-alcohol motifs (C(OH)–C–C–N with tert-alkyl or cyclic N) is 2. The lowest BCUT2D eigenvalue weighted by Crippen LogP contribution is -2.49. The highest BCUT2D eigenvalue weighted by Crippen LogP contribution is 2.35. The van der Waals surface area contributed by atoms with E-state index < -0.39 is 6.10 Å². The van der Waals surface area contributed by atoms with Gasteiger partial charge in [0.25, 0.3) is 0 Å². The van der Waals surface area contributed by atoms with Crippen LogP contribution in [0.5, 0.6) is 0 Å². The molecule has 0 spiro atoms. The molecule has 1 aromatic heterocycles. The molecule has 6 heteroatoms. The molecule has 2 N–H and O–H groups in total. The Labute approximate surface area is 166 Å². The fourth-order valence-electron chi connectivity index (χ4n) is 4.75. The molecule has 0 radical (unpaired) electrons. The Kier molecular flexibility index (Phi) is 6.05. The summed E-state index contributed by atoms with van der Waals surface area (Å²) in [6.07, 6.45) is 4.23. The number of fused-ring (bicyclic) bond motifs is 3. The first-order valence-electron chi connectivity index (χ1n) is 10.2. The number of aliphatic hydroxyl groups is 2. The molecule has 1 fully saturated rings. The number of hydrogen-bond donors (Lipinski definition) is 2. The third-order valence-corrected chi connectivity index (χ3v) is 6.39. The summed E-state index contributed by atoms with van der Waals surface area (Å²) < 4.78 is 2.29. The minimum atomic E-state index is -0.410. The first-order chi connectivity index (χ1) is 13.2. The van der Waals surface area contributed by atoms with Crippen LogP contribution in [-0.2, 0) is 19.4 Å². The summed E-state index contributed by atoms with van der Waals surface area (Å²) in [4.78, 5) is 4.61. The molecule has 5 nitrogen and oxygen atoms in total. The Morgan fingerprint density at radius 2 is 1.74 bits per heavy atom. The van der Waals surface area contributed by atoms with Gasteiger partial charge in [0.1, 0.15) is 0 Å². The maximum Gasteiger partial charge on any atom is 0.0845 e. The predicted molar refractivity (Wildman–Crippen MR) is 110 cm³/mol. The van der Waals surface area contributed by atoms with E-state index in [1.807, 2.05) is 12.1 Å². The smallest absolute Gasteiger partial charge is 0.0845 e. The summed E-state index contributed by atoms with van der Waals surface area (Å²) in [6.45, 7) is 6.07. The largest absolute Gasteiger partial charge is 0.395 e. The molecule has 1 aliphatic carbocycles. The Balaban J connectivity index is 1.49. The maximum atomic E-state index is 10.8. The van der Waals surface area contributed by atoms with Gasteiger partial charge in [0.15, 0.2) is 0 Å². The lowest BCUT2D eigenvalue weighted by atomic mass is 9.95. The second kappa shape index (κ2) is 8.50. The van der Waals surface area contributed by atoms with Crippen LogP contribution in [0.4, 0.5) is 0 Å². The van der Waals surface area contributed by atoms with Crippen molar-refractivity contribution in [1.29, 1.82) is 0 Å². The topological polar surface area (TPSA) is 51.9 Å². The molecule has 0 bridgehead atoms. The summed E-state index contributed by atoms with van der Waals surface area (Å²) in [7, 11) is 0. The van der Waals surface area contributed by atoms with Gasteiger partial charge in [-0.25, -0.2) is 0 Å². The molecule has 27 heavy (non-hydrogen) atoms. The molecular formula is C21H30ClN3O2. The van der Waals surface area contributed by atoms with Crippen molar-refractivity contribution >= 4 is 22.5 Å². The van der Waals surface area contributed by atoms with E-state index in [0.717, 1.165) is 56.1 Å². The van der Waals surface area contributed by atoms with E-state index in [9.17, 15) is 5.11 Å². The Morgan fingerprint density at radius 1 is 1.00 bits per heavy atom. The van der Waals surface area contributed by atoms with E-state index >= 15 is 0 Å². The molecule has 2 heterocycles. The molecule has 2 aliphatic rings. The van der Waals surface area contributed by atoms with Crippen LogP contribution in [-0.4, -0.2) is 76.6 Å². The van der Waals surface area contributed by atoms with Crippen LogP contribution in [0.25, 0.3) is 10.9 Å². The molecule has 1 atom stereocenters. The van der Waals surface area contributed by atoms with Gasteiger partial charge in [0.2, 0.25) is 0 Å². The van der Waals surface area contributed by atoms with E-state index in [0.29, 0.717) is 13.1 Å². The van der Waals surface area contributed by atoms with Gasteiger partial charge in [-0.05, 0) is 37.3 Å². The number of para-hydroxylation sites is 1. The number of aromatic nitrogens is 1. The van der Waals surface area contributed by atoms with E-state index in [-0.39, 0.29) is 6.61 Å². The highest BCUT2D eigenvalue weighted by Gasteiger charge is 2.24. The lowest BCUT2D eigenvalue weighted by Gasteiger charge is -2.35. The van der Waals surface area contributed by atoms with Gasteiger partial charge in [-0.3, -0.25) is 9.80 Å². The van der Waals surface area contributed by atoms with Gasteiger partial charge in [-0.1, -0.05) is 23.7 Å². The second-order valence-electron chi connectivity index (χ2n) is 7.90. The summed E-state index contributed by atoms with van der Waals surface area (Å²) in [5.74, 6) is 0. The lowest BCUT2D eigenvalue weighted by molar-refractivity contribution is 0.0593. The molecule has 0 unspecified atom stereocenters. The number of benzene rings is 1. The molecule has 0 saturated carbocycles. The van der Waals surface area contributed by atoms with Crippen LogP contribution in [0, 0.1) is 0 Å². The SMILES string of the molecule is OCCN1CCN(C[C@H](O)Cn2c3c(c4cccc(Cl)c42)CCCC3)CC1. The van der Waals surface area contributed by atoms with E-state index in [1.54, 1.807) is 0 Å². The zero-order valence-electron chi connectivity index (χ0n) is 15.9. The quantitative estimate of drug-likeness (QED) is 0.792. The number of aliphatic hydroxyl groups excluding tert-OH is 2. The average Bonchev–Trinajstić information content (AvgIpc) is 2.99. The first-order valence-corrected chi connectivity index (χ1v) is 10.6. The van der Waals surface area contributed by atoms with Crippen LogP contribution in [0.15, 0.2) is 18.2 Å². The molecule has 2 aromatic rings. The number of halogens is 1. The highest BCUT2D eigenvalue weighted by atomic mass is 35.5. The van der Waals surface area contributed by atoms with Crippen molar-refractivity contribution in [2.75, 3.05) is 45.9 Å².